The van der Waals surface area contributed by atoms with Crippen LogP contribution in [0.15, 0.2) is 12.4 Å². The van der Waals surface area contributed by atoms with Gasteiger partial charge in [0.15, 0.2) is 0 Å². The maximum atomic E-state index is 11.4. The quantitative estimate of drug-likeness (QED) is 0.659. The summed E-state index contributed by atoms with van der Waals surface area (Å²) >= 11 is 0. The molecule has 118 valence electrons. The molecule has 1 fully saturated rings. The monoisotopic (exact) mass is 302 g/mol. The minimum Gasteiger partial charge on any atom is -0.444 e. The summed E-state index contributed by atoms with van der Waals surface area (Å²) in [6.07, 6.45) is 5.90. The van der Waals surface area contributed by atoms with E-state index in [4.69, 9.17) is 4.74 Å². The topological polar surface area (TPSA) is 76.1 Å². The molecular formula is C16H22N4O2. The summed E-state index contributed by atoms with van der Waals surface area (Å²) in [4.78, 5) is 19.8. The molecule has 0 atom stereocenters. The average molecular weight is 302 g/mol. The third-order valence-electron chi connectivity index (χ3n) is 2.71. The molecule has 1 aromatic rings. The van der Waals surface area contributed by atoms with Crippen LogP contribution in [0.25, 0.3) is 0 Å². The second-order valence-corrected chi connectivity index (χ2v) is 6.19. The number of aromatic nitrogens is 2. The molecule has 1 heterocycles. The first-order valence-electron chi connectivity index (χ1n) is 7.47. The van der Waals surface area contributed by atoms with E-state index in [1.54, 1.807) is 12.4 Å². The van der Waals surface area contributed by atoms with Gasteiger partial charge in [0.05, 0.1) is 5.56 Å². The Labute approximate surface area is 131 Å². The molecule has 1 amide bonds. The molecule has 0 saturated heterocycles. The van der Waals surface area contributed by atoms with Crippen LogP contribution in [0.3, 0.4) is 0 Å². The van der Waals surface area contributed by atoms with E-state index in [-0.39, 0.29) is 0 Å². The Kier molecular flexibility index (Phi) is 5.21. The van der Waals surface area contributed by atoms with E-state index in [1.165, 1.54) is 12.8 Å². The molecule has 0 radical (unpaired) electrons. The zero-order valence-electron chi connectivity index (χ0n) is 13.3. The Morgan fingerprint density at radius 3 is 2.64 bits per heavy atom. The Morgan fingerprint density at radius 2 is 2.05 bits per heavy atom. The molecule has 0 unspecified atom stereocenters. The predicted octanol–water partition coefficient (Wildman–Crippen LogP) is 2.32. The SMILES string of the molecule is CC(C)(C)OC(=O)NCCC#Cc1cnc(NC2CC2)nc1. The van der Waals surface area contributed by atoms with Gasteiger partial charge in [0.25, 0.3) is 0 Å². The average Bonchev–Trinajstić information content (AvgIpc) is 3.22. The molecule has 1 aromatic heterocycles. The minimum atomic E-state index is -0.483. The van der Waals surface area contributed by atoms with Crippen molar-refractivity contribution in [1.29, 1.82) is 0 Å². The van der Waals surface area contributed by atoms with Gasteiger partial charge in [0, 0.05) is 31.4 Å². The second-order valence-electron chi connectivity index (χ2n) is 6.19. The Morgan fingerprint density at radius 1 is 1.36 bits per heavy atom. The highest BCUT2D eigenvalue weighted by Crippen LogP contribution is 2.22. The van der Waals surface area contributed by atoms with Gasteiger partial charge in [-0.15, -0.1) is 0 Å². The van der Waals surface area contributed by atoms with E-state index in [0.717, 1.165) is 5.56 Å². The van der Waals surface area contributed by atoms with Crippen molar-refractivity contribution >= 4 is 12.0 Å². The number of carbonyl (C=O) groups is 1. The normalized spacial score (nSPS) is 13.8. The van der Waals surface area contributed by atoms with Gasteiger partial charge in [-0.25, -0.2) is 14.8 Å². The highest BCUT2D eigenvalue weighted by atomic mass is 16.6. The lowest BCUT2D eigenvalue weighted by molar-refractivity contribution is 0.0529. The van der Waals surface area contributed by atoms with E-state index in [2.05, 4.69) is 32.4 Å². The molecule has 6 heteroatoms. The molecule has 2 rings (SSSR count). The molecule has 22 heavy (non-hydrogen) atoms. The van der Waals surface area contributed by atoms with Crippen LogP contribution in [-0.4, -0.2) is 34.2 Å². The highest BCUT2D eigenvalue weighted by Gasteiger charge is 2.21. The number of hydrogen-bond donors (Lipinski definition) is 2. The van der Waals surface area contributed by atoms with Gasteiger partial charge < -0.3 is 15.4 Å². The number of nitrogens with zero attached hydrogens (tertiary/aromatic N) is 2. The van der Waals surface area contributed by atoms with Crippen molar-refractivity contribution in [3.63, 3.8) is 0 Å². The first-order chi connectivity index (χ1) is 10.4. The van der Waals surface area contributed by atoms with Crippen LogP contribution in [0.1, 0.15) is 45.6 Å². The summed E-state index contributed by atoms with van der Waals surface area (Å²) in [5, 5.41) is 5.88. The van der Waals surface area contributed by atoms with Crippen LogP contribution in [0.2, 0.25) is 0 Å². The zero-order valence-corrected chi connectivity index (χ0v) is 13.3. The number of alkyl carbamates (subject to hydrolysis) is 1. The van der Waals surface area contributed by atoms with Gasteiger partial charge in [0.2, 0.25) is 5.95 Å². The standard InChI is InChI=1S/C16H22N4O2/c1-16(2,3)22-15(21)17-9-5-4-6-12-10-18-14(19-11-12)20-13-7-8-13/h10-11,13H,5,7-9H2,1-3H3,(H,17,21)(H,18,19,20). The van der Waals surface area contributed by atoms with E-state index < -0.39 is 11.7 Å². The minimum absolute atomic E-state index is 0.423. The summed E-state index contributed by atoms with van der Waals surface area (Å²) in [5.74, 6) is 6.59. The van der Waals surface area contributed by atoms with Gasteiger partial charge in [-0.3, -0.25) is 0 Å². The highest BCUT2D eigenvalue weighted by molar-refractivity contribution is 5.67. The molecule has 1 aliphatic rings. The van der Waals surface area contributed by atoms with E-state index in [0.29, 0.717) is 25.0 Å². The summed E-state index contributed by atoms with van der Waals surface area (Å²) < 4.78 is 5.13. The molecule has 2 N–H and O–H groups in total. The van der Waals surface area contributed by atoms with Gasteiger partial charge >= 0.3 is 6.09 Å². The third-order valence-corrected chi connectivity index (χ3v) is 2.71. The number of nitrogens with one attached hydrogen (secondary N) is 2. The number of carbonyl (C=O) groups excluding carboxylic acids is 1. The van der Waals surface area contributed by atoms with Crippen LogP contribution in [0.4, 0.5) is 10.7 Å². The summed E-state index contributed by atoms with van der Waals surface area (Å²) in [7, 11) is 0. The number of rotatable bonds is 4. The smallest absolute Gasteiger partial charge is 0.407 e. The predicted molar refractivity (Wildman–Crippen MR) is 84.4 cm³/mol. The van der Waals surface area contributed by atoms with Gasteiger partial charge in [0.1, 0.15) is 5.60 Å². The molecule has 0 bridgehead atoms. The lowest BCUT2D eigenvalue weighted by Crippen LogP contribution is -2.32. The number of amides is 1. The Hall–Kier alpha value is -2.29. The molecule has 0 aromatic carbocycles. The number of hydrogen-bond acceptors (Lipinski definition) is 5. The van der Waals surface area contributed by atoms with Crippen LogP contribution >= 0.6 is 0 Å². The van der Waals surface area contributed by atoms with Crippen molar-refractivity contribution in [3.8, 4) is 11.8 Å². The van der Waals surface area contributed by atoms with Crippen LogP contribution in [0, 0.1) is 11.8 Å². The Bertz CT molecular complexity index is 563. The van der Waals surface area contributed by atoms with Crippen molar-refractivity contribution < 1.29 is 9.53 Å². The summed E-state index contributed by atoms with van der Waals surface area (Å²) in [6.45, 7) is 5.93. The van der Waals surface area contributed by atoms with Crippen molar-refractivity contribution in [3.05, 3.63) is 18.0 Å². The van der Waals surface area contributed by atoms with Crippen molar-refractivity contribution in [2.45, 2.75) is 51.7 Å². The summed E-state index contributed by atoms with van der Waals surface area (Å²) in [5.41, 5.74) is 0.280. The largest absolute Gasteiger partial charge is 0.444 e. The van der Waals surface area contributed by atoms with Gasteiger partial charge in [-0.1, -0.05) is 11.8 Å². The van der Waals surface area contributed by atoms with Crippen molar-refractivity contribution in [1.82, 2.24) is 15.3 Å². The molecule has 6 nitrogen and oxygen atoms in total. The van der Waals surface area contributed by atoms with Crippen molar-refractivity contribution in [2.24, 2.45) is 0 Å². The van der Waals surface area contributed by atoms with Crippen molar-refractivity contribution in [2.75, 3.05) is 11.9 Å². The van der Waals surface area contributed by atoms with Crippen LogP contribution in [-0.2, 0) is 4.74 Å². The first kappa shape index (κ1) is 16.1. The van der Waals surface area contributed by atoms with Gasteiger partial charge in [-0.2, -0.15) is 0 Å². The van der Waals surface area contributed by atoms with E-state index >= 15 is 0 Å². The third kappa shape index (κ3) is 6.44. The maximum absolute atomic E-state index is 11.4. The zero-order chi connectivity index (χ0) is 16.0. The lowest BCUT2D eigenvalue weighted by Gasteiger charge is -2.19. The maximum Gasteiger partial charge on any atom is 0.407 e. The Balaban J connectivity index is 1.68. The fourth-order valence-electron chi connectivity index (χ4n) is 1.58. The molecule has 0 aliphatic heterocycles. The lowest BCUT2D eigenvalue weighted by atomic mass is 10.2. The molecule has 0 spiro atoms. The van der Waals surface area contributed by atoms with Crippen LogP contribution < -0.4 is 10.6 Å². The first-order valence-corrected chi connectivity index (χ1v) is 7.47. The van der Waals surface area contributed by atoms with Gasteiger partial charge in [-0.05, 0) is 33.6 Å². The number of ether oxygens (including phenoxy) is 1. The fraction of sp³-hybridized carbons (Fsp3) is 0.562. The molecule has 1 aliphatic carbocycles. The molecular weight excluding hydrogens is 280 g/mol. The fourth-order valence-corrected chi connectivity index (χ4v) is 1.58. The number of anilines is 1. The molecule has 1 saturated carbocycles. The summed E-state index contributed by atoms with van der Waals surface area (Å²) in [6, 6.07) is 0.538. The van der Waals surface area contributed by atoms with E-state index in [9.17, 15) is 4.79 Å². The van der Waals surface area contributed by atoms with Crippen LogP contribution in [0.5, 0.6) is 0 Å². The second kappa shape index (κ2) is 7.12. The van der Waals surface area contributed by atoms with E-state index in [1.807, 2.05) is 20.8 Å².